The first-order valence-corrected chi connectivity index (χ1v) is 8.44. The van der Waals surface area contributed by atoms with E-state index < -0.39 is 11.3 Å². The Morgan fingerprint density at radius 1 is 1.00 bits per heavy atom. The largest absolute Gasteiger partial charge is 0.319 e. The molecule has 2 heterocycles. The van der Waals surface area contributed by atoms with Gasteiger partial charge in [0.1, 0.15) is 0 Å². The molecule has 0 bridgehead atoms. The molecule has 4 aromatic rings. The first-order valence-electron chi connectivity index (χ1n) is 8.44. The van der Waals surface area contributed by atoms with Crippen molar-refractivity contribution in [3.63, 3.8) is 0 Å². The lowest BCUT2D eigenvalue weighted by Gasteiger charge is -2.11. The molecule has 2 aromatic heterocycles. The summed E-state index contributed by atoms with van der Waals surface area (Å²) >= 11 is 0. The average Bonchev–Trinajstić information content (AvgIpc) is 2.68. The third kappa shape index (κ3) is 3.32. The maximum absolute atomic E-state index is 12.7. The molecule has 0 radical (unpaired) electrons. The fourth-order valence-corrected chi connectivity index (χ4v) is 2.86. The number of benzene rings is 2. The number of pyridine rings is 1. The number of nitrogens with zero attached hydrogens (tertiary/aromatic N) is 3. The van der Waals surface area contributed by atoms with Crippen LogP contribution in [-0.4, -0.2) is 20.7 Å². The van der Waals surface area contributed by atoms with E-state index in [9.17, 15) is 9.59 Å². The van der Waals surface area contributed by atoms with Gasteiger partial charge in [-0.05, 0) is 31.2 Å². The van der Waals surface area contributed by atoms with Gasteiger partial charge in [0, 0.05) is 17.1 Å². The smallest absolute Gasteiger partial charge is 0.280 e. The van der Waals surface area contributed by atoms with Crippen molar-refractivity contribution >= 4 is 22.5 Å². The van der Waals surface area contributed by atoms with Gasteiger partial charge in [0.2, 0.25) is 5.43 Å². The summed E-state index contributed by atoms with van der Waals surface area (Å²) in [6.45, 7) is 1.77. The lowest BCUT2D eigenvalue weighted by atomic mass is 10.2. The average molecular weight is 356 g/mol. The van der Waals surface area contributed by atoms with Crippen molar-refractivity contribution in [2.24, 2.45) is 0 Å². The quantitative estimate of drug-likeness (QED) is 0.611. The highest BCUT2D eigenvalue weighted by molar-refractivity contribution is 6.03. The second-order valence-electron chi connectivity index (χ2n) is 6.12. The summed E-state index contributed by atoms with van der Waals surface area (Å²) in [5, 5.41) is 7.88. The molecule has 0 saturated heterocycles. The van der Waals surface area contributed by atoms with Crippen LogP contribution in [-0.2, 0) is 0 Å². The number of amides is 1. The van der Waals surface area contributed by atoms with Crippen LogP contribution >= 0.6 is 0 Å². The molecular weight excluding hydrogens is 340 g/mol. The molecule has 4 rings (SSSR count). The van der Waals surface area contributed by atoms with Crippen LogP contribution in [0, 0.1) is 6.92 Å². The third-order valence-electron chi connectivity index (χ3n) is 4.17. The number of aromatic nitrogens is 3. The molecular formula is C21H16N4O2. The fourth-order valence-electron chi connectivity index (χ4n) is 2.86. The predicted molar refractivity (Wildman–Crippen MR) is 104 cm³/mol. The van der Waals surface area contributed by atoms with E-state index in [0.717, 1.165) is 16.6 Å². The number of fused-ring (bicyclic) bond motifs is 1. The SMILES string of the molecule is Cc1cc(=O)c(C(=O)Nc2cnc3ccccc3c2)nn1-c1ccccc1. The van der Waals surface area contributed by atoms with Crippen molar-refractivity contribution in [1.82, 2.24) is 14.8 Å². The molecule has 0 unspecified atom stereocenters. The Morgan fingerprint density at radius 3 is 2.56 bits per heavy atom. The highest BCUT2D eigenvalue weighted by Crippen LogP contribution is 2.16. The van der Waals surface area contributed by atoms with E-state index in [1.807, 2.05) is 60.7 Å². The molecule has 0 fully saturated rings. The summed E-state index contributed by atoms with van der Waals surface area (Å²) in [6.07, 6.45) is 1.56. The normalized spacial score (nSPS) is 10.7. The zero-order chi connectivity index (χ0) is 18.8. The number of aryl methyl sites for hydroxylation is 1. The molecule has 1 N–H and O–H groups in total. The Balaban J connectivity index is 1.69. The van der Waals surface area contributed by atoms with Crippen LogP contribution in [0.15, 0.2) is 77.7 Å². The standard InChI is InChI=1S/C21H16N4O2/c1-14-11-19(26)20(24-25(14)17-8-3-2-4-9-17)21(27)23-16-12-15-7-5-6-10-18(15)22-13-16/h2-13H,1H3,(H,23,27). The molecule has 6 heteroatoms. The molecule has 0 atom stereocenters. The van der Waals surface area contributed by atoms with E-state index in [1.165, 1.54) is 6.07 Å². The van der Waals surface area contributed by atoms with Gasteiger partial charge in [0.15, 0.2) is 5.69 Å². The van der Waals surface area contributed by atoms with Gasteiger partial charge >= 0.3 is 0 Å². The second-order valence-corrected chi connectivity index (χ2v) is 6.12. The zero-order valence-electron chi connectivity index (χ0n) is 14.6. The first kappa shape index (κ1) is 16.7. The fraction of sp³-hybridized carbons (Fsp3) is 0.0476. The maximum atomic E-state index is 12.7. The van der Waals surface area contributed by atoms with E-state index >= 15 is 0 Å². The van der Waals surface area contributed by atoms with Gasteiger partial charge in [-0.15, -0.1) is 0 Å². The number of carbonyl (C=O) groups excluding carboxylic acids is 1. The van der Waals surface area contributed by atoms with Crippen LogP contribution in [0.4, 0.5) is 5.69 Å². The molecule has 0 aliphatic rings. The number of anilines is 1. The lowest BCUT2D eigenvalue weighted by Crippen LogP contribution is -2.26. The highest BCUT2D eigenvalue weighted by Gasteiger charge is 2.16. The van der Waals surface area contributed by atoms with E-state index in [1.54, 1.807) is 17.8 Å². The second kappa shape index (κ2) is 6.84. The molecule has 0 aliphatic carbocycles. The molecule has 0 aliphatic heterocycles. The summed E-state index contributed by atoms with van der Waals surface area (Å²) in [5.41, 5.74) is 2.16. The van der Waals surface area contributed by atoms with Gasteiger partial charge in [-0.2, -0.15) is 5.10 Å². The van der Waals surface area contributed by atoms with Crippen molar-refractivity contribution in [2.75, 3.05) is 5.32 Å². The zero-order valence-corrected chi connectivity index (χ0v) is 14.6. The van der Waals surface area contributed by atoms with Gasteiger partial charge in [-0.3, -0.25) is 14.6 Å². The van der Waals surface area contributed by atoms with Gasteiger partial charge < -0.3 is 5.32 Å². The monoisotopic (exact) mass is 356 g/mol. The van der Waals surface area contributed by atoms with Crippen molar-refractivity contribution in [2.45, 2.75) is 6.92 Å². The minimum Gasteiger partial charge on any atom is -0.319 e. The molecule has 0 saturated carbocycles. The minimum atomic E-state index is -0.568. The van der Waals surface area contributed by atoms with Gasteiger partial charge in [-0.1, -0.05) is 36.4 Å². The number of hydrogen-bond donors (Lipinski definition) is 1. The van der Waals surface area contributed by atoms with Crippen molar-refractivity contribution < 1.29 is 4.79 Å². The highest BCUT2D eigenvalue weighted by atomic mass is 16.2. The summed E-state index contributed by atoms with van der Waals surface area (Å²) in [7, 11) is 0. The minimum absolute atomic E-state index is 0.169. The topological polar surface area (TPSA) is 76.9 Å². The first-order chi connectivity index (χ1) is 13.1. The number of carbonyl (C=O) groups is 1. The third-order valence-corrected chi connectivity index (χ3v) is 4.17. The summed E-state index contributed by atoms with van der Waals surface area (Å²) < 4.78 is 1.58. The van der Waals surface area contributed by atoms with E-state index in [4.69, 9.17) is 0 Å². The Hall–Kier alpha value is -3.80. The van der Waals surface area contributed by atoms with Crippen LogP contribution in [0.5, 0.6) is 0 Å². The molecule has 2 aromatic carbocycles. The molecule has 132 valence electrons. The molecule has 0 spiro atoms. The van der Waals surface area contributed by atoms with Crippen LogP contribution in [0.25, 0.3) is 16.6 Å². The van der Waals surface area contributed by atoms with Crippen LogP contribution in [0.1, 0.15) is 16.2 Å². The lowest BCUT2D eigenvalue weighted by molar-refractivity contribution is 0.101. The Morgan fingerprint density at radius 2 is 1.74 bits per heavy atom. The number of rotatable bonds is 3. The van der Waals surface area contributed by atoms with Gasteiger partial charge in [-0.25, -0.2) is 4.68 Å². The van der Waals surface area contributed by atoms with Gasteiger partial charge in [0.05, 0.1) is 23.1 Å². The van der Waals surface area contributed by atoms with Crippen molar-refractivity contribution in [1.29, 1.82) is 0 Å². The van der Waals surface area contributed by atoms with Crippen LogP contribution < -0.4 is 10.7 Å². The maximum Gasteiger partial charge on any atom is 0.280 e. The van der Waals surface area contributed by atoms with E-state index in [2.05, 4.69) is 15.4 Å². The predicted octanol–water partition coefficient (Wildman–Crippen LogP) is 3.34. The van der Waals surface area contributed by atoms with Crippen LogP contribution in [0.2, 0.25) is 0 Å². The van der Waals surface area contributed by atoms with Crippen LogP contribution in [0.3, 0.4) is 0 Å². The Kier molecular flexibility index (Phi) is 4.22. The Labute approximate surface area is 155 Å². The summed E-state index contributed by atoms with van der Waals surface area (Å²) in [4.78, 5) is 29.3. The number of nitrogens with one attached hydrogen (secondary N) is 1. The molecule has 6 nitrogen and oxygen atoms in total. The summed E-state index contributed by atoms with van der Waals surface area (Å²) in [6, 6.07) is 20.2. The van der Waals surface area contributed by atoms with Crippen molar-refractivity contribution in [3.05, 3.63) is 94.5 Å². The Bertz CT molecular complexity index is 1200. The number of hydrogen-bond acceptors (Lipinski definition) is 4. The van der Waals surface area contributed by atoms with E-state index in [-0.39, 0.29) is 5.69 Å². The van der Waals surface area contributed by atoms with Crippen molar-refractivity contribution in [3.8, 4) is 5.69 Å². The molecule has 27 heavy (non-hydrogen) atoms. The van der Waals surface area contributed by atoms with Gasteiger partial charge in [0.25, 0.3) is 5.91 Å². The number of para-hydroxylation sites is 2. The molecule has 1 amide bonds. The van der Waals surface area contributed by atoms with E-state index in [0.29, 0.717) is 11.4 Å². The summed E-state index contributed by atoms with van der Waals surface area (Å²) in [5.74, 6) is -0.568.